The number of halogens is 1. The van der Waals surface area contributed by atoms with Crippen molar-refractivity contribution in [2.75, 3.05) is 11.9 Å². The Bertz CT molecular complexity index is 633. The summed E-state index contributed by atoms with van der Waals surface area (Å²) in [6.45, 7) is 1.50. The molecule has 0 radical (unpaired) electrons. The molecule has 0 aliphatic heterocycles. The van der Waals surface area contributed by atoms with E-state index in [0.717, 1.165) is 23.7 Å². The highest BCUT2D eigenvalue weighted by Gasteiger charge is 2.20. The third-order valence-electron chi connectivity index (χ3n) is 3.81. The van der Waals surface area contributed by atoms with E-state index in [2.05, 4.69) is 10.6 Å². The molecule has 0 heterocycles. The molecule has 1 aliphatic carbocycles. The highest BCUT2D eigenvalue weighted by atomic mass is 19.1. The van der Waals surface area contributed by atoms with Crippen LogP contribution in [0.3, 0.4) is 0 Å². The number of benzene rings is 2. The van der Waals surface area contributed by atoms with E-state index < -0.39 is 0 Å². The van der Waals surface area contributed by atoms with E-state index in [0.29, 0.717) is 12.1 Å². The Labute approximate surface area is 129 Å². The smallest absolute Gasteiger partial charge is 0.251 e. The zero-order valence-corrected chi connectivity index (χ0v) is 12.3. The standard InChI is InChI=1S/C18H19FN2O/c19-16-7-5-15(6-8-16)18(22)21-12-14-3-9-17(10-4-14)20-11-13-1-2-13/h3-10,13,20H,1-2,11-12H2,(H,21,22). The number of nitrogens with one attached hydrogen (secondary N) is 2. The van der Waals surface area contributed by atoms with Gasteiger partial charge in [-0.1, -0.05) is 12.1 Å². The average molecular weight is 298 g/mol. The minimum absolute atomic E-state index is 0.198. The first-order chi connectivity index (χ1) is 10.7. The third-order valence-corrected chi connectivity index (χ3v) is 3.81. The predicted octanol–water partition coefficient (Wildman–Crippen LogP) is 3.58. The molecular weight excluding hydrogens is 279 g/mol. The summed E-state index contributed by atoms with van der Waals surface area (Å²) in [5, 5.41) is 6.24. The number of carbonyl (C=O) groups is 1. The summed E-state index contributed by atoms with van der Waals surface area (Å²) in [6.07, 6.45) is 2.67. The topological polar surface area (TPSA) is 41.1 Å². The van der Waals surface area contributed by atoms with Crippen molar-refractivity contribution in [3.05, 3.63) is 65.5 Å². The lowest BCUT2D eigenvalue weighted by molar-refractivity contribution is 0.0951. The fourth-order valence-electron chi connectivity index (χ4n) is 2.21. The number of hydrogen-bond acceptors (Lipinski definition) is 2. The first-order valence-electron chi connectivity index (χ1n) is 7.57. The van der Waals surface area contributed by atoms with Gasteiger partial charge in [0.2, 0.25) is 0 Å². The normalized spacial score (nSPS) is 13.7. The van der Waals surface area contributed by atoms with Gasteiger partial charge in [0, 0.05) is 24.3 Å². The molecule has 3 rings (SSSR count). The summed E-state index contributed by atoms with van der Waals surface area (Å²) in [7, 11) is 0. The molecule has 3 nitrogen and oxygen atoms in total. The van der Waals surface area contributed by atoms with Gasteiger partial charge in [-0.3, -0.25) is 4.79 Å². The molecular formula is C18H19FN2O. The Morgan fingerprint density at radius 1 is 1.05 bits per heavy atom. The molecule has 0 saturated heterocycles. The second kappa shape index (κ2) is 6.60. The Morgan fingerprint density at radius 2 is 1.73 bits per heavy atom. The van der Waals surface area contributed by atoms with Crippen molar-refractivity contribution in [2.24, 2.45) is 5.92 Å². The average Bonchev–Trinajstić information content (AvgIpc) is 3.36. The summed E-state index contributed by atoms with van der Waals surface area (Å²) in [5.74, 6) is 0.302. The molecule has 0 unspecified atom stereocenters. The minimum atomic E-state index is -0.342. The second-order valence-corrected chi connectivity index (χ2v) is 5.71. The summed E-state index contributed by atoms with van der Waals surface area (Å²) in [4.78, 5) is 11.9. The van der Waals surface area contributed by atoms with E-state index in [4.69, 9.17) is 0 Å². The van der Waals surface area contributed by atoms with Gasteiger partial charge in [-0.05, 0) is 60.7 Å². The highest BCUT2D eigenvalue weighted by molar-refractivity contribution is 5.94. The molecule has 0 atom stereocenters. The van der Waals surface area contributed by atoms with Crippen LogP contribution in [0.5, 0.6) is 0 Å². The van der Waals surface area contributed by atoms with E-state index in [1.54, 1.807) is 0 Å². The molecule has 2 aromatic rings. The summed E-state index contributed by atoms with van der Waals surface area (Å²) in [6, 6.07) is 13.6. The first kappa shape index (κ1) is 14.6. The molecule has 1 amide bonds. The van der Waals surface area contributed by atoms with Crippen LogP contribution in [0.1, 0.15) is 28.8 Å². The maximum Gasteiger partial charge on any atom is 0.251 e. The van der Waals surface area contributed by atoms with Gasteiger partial charge in [0.05, 0.1) is 0 Å². The maximum absolute atomic E-state index is 12.8. The van der Waals surface area contributed by atoms with Crippen LogP contribution >= 0.6 is 0 Å². The second-order valence-electron chi connectivity index (χ2n) is 5.71. The first-order valence-corrected chi connectivity index (χ1v) is 7.57. The Kier molecular flexibility index (Phi) is 4.37. The summed E-state index contributed by atoms with van der Waals surface area (Å²) in [5.41, 5.74) is 2.61. The molecule has 114 valence electrons. The van der Waals surface area contributed by atoms with E-state index >= 15 is 0 Å². The monoisotopic (exact) mass is 298 g/mol. The van der Waals surface area contributed by atoms with Crippen molar-refractivity contribution in [1.82, 2.24) is 5.32 Å². The molecule has 2 aromatic carbocycles. The van der Waals surface area contributed by atoms with Crippen LogP contribution in [-0.2, 0) is 6.54 Å². The van der Waals surface area contributed by atoms with E-state index in [9.17, 15) is 9.18 Å². The third kappa shape index (κ3) is 4.07. The van der Waals surface area contributed by atoms with Crippen LogP contribution in [0.4, 0.5) is 10.1 Å². The Morgan fingerprint density at radius 3 is 2.36 bits per heavy atom. The van der Waals surface area contributed by atoms with Gasteiger partial charge in [-0.25, -0.2) is 4.39 Å². The summed E-state index contributed by atoms with van der Waals surface area (Å²) >= 11 is 0. The fraction of sp³-hybridized carbons (Fsp3) is 0.278. The van der Waals surface area contributed by atoms with Crippen molar-refractivity contribution >= 4 is 11.6 Å². The number of anilines is 1. The van der Waals surface area contributed by atoms with Crippen molar-refractivity contribution in [3.8, 4) is 0 Å². The predicted molar refractivity (Wildman–Crippen MR) is 85.2 cm³/mol. The molecule has 1 saturated carbocycles. The van der Waals surface area contributed by atoms with Gasteiger partial charge in [-0.2, -0.15) is 0 Å². The van der Waals surface area contributed by atoms with Gasteiger partial charge in [-0.15, -0.1) is 0 Å². The van der Waals surface area contributed by atoms with E-state index in [1.807, 2.05) is 24.3 Å². The molecule has 0 spiro atoms. The quantitative estimate of drug-likeness (QED) is 0.856. The highest BCUT2D eigenvalue weighted by Crippen LogP contribution is 2.28. The van der Waals surface area contributed by atoms with Gasteiger partial charge in [0.15, 0.2) is 0 Å². The zero-order valence-electron chi connectivity index (χ0n) is 12.3. The SMILES string of the molecule is O=C(NCc1ccc(NCC2CC2)cc1)c1ccc(F)cc1. The lowest BCUT2D eigenvalue weighted by Crippen LogP contribution is -2.22. The zero-order chi connectivity index (χ0) is 15.4. The summed E-state index contributed by atoms with van der Waals surface area (Å²) < 4.78 is 12.8. The molecule has 0 bridgehead atoms. The van der Waals surface area contributed by atoms with Crippen molar-refractivity contribution in [2.45, 2.75) is 19.4 Å². The van der Waals surface area contributed by atoms with E-state index in [-0.39, 0.29) is 11.7 Å². The van der Waals surface area contributed by atoms with Crippen LogP contribution in [0.2, 0.25) is 0 Å². The lowest BCUT2D eigenvalue weighted by atomic mass is 10.1. The largest absolute Gasteiger partial charge is 0.385 e. The number of hydrogen-bond donors (Lipinski definition) is 2. The van der Waals surface area contributed by atoms with E-state index in [1.165, 1.54) is 37.1 Å². The van der Waals surface area contributed by atoms with Crippen molar-refractivity contribution in [1.29, 1.82) is 0 Å². The van der Waals surface area contributed by atoms with Crippen LogP contribution in [0, 0.1) is 11.7 Å². The molecule has 0 aromatic heterocycles. The van der Waals surface area contributed by atoms with Crippen molar-refractivity contribution in [3.63, 3.8) is 0 Å². The number of carbonyl (C=O) groups excluding carboxylic acids is 1. The van der Waals surface area contributed by atoms with Gasteiger partial charge < -0.3 is 10.6 Å². The molecule has 1 fully saturated rings. The fourth-order valence-corrected chi connectivity index (χ4v) is 2.21. The van der Waals surface area contributed by atoms with Crippen LogP contribution < -0.4 is 10.6 Å². The van der Waals surface area contributed by atoms with Gasteiger partial charge in [0.25, 0.3) is 5.91 Å². The molecule has 2 N–H and O–H groups in total. The van der Waals surface area contributed by atoms with Crippen molar-refractivity contribution < 1.29 is 9.18 Å². The molecule has 4 heteroatoms. The lowest BCUT2D eigenvalue weighted by Gasteiger charge is -2.08. The van der Waals surface area contributed by atoms with Crippen LogP contribution in [0.25, 0.3) is 0 Å². The Balaban J connectivity index is 1.49. The molecule has 22 heavy (non-hydrogen) atoms. The van der Waals surface area contributed by atoms with Crippen LogP contribution in [0.15, 0.2) is 48.5 Å². The van der Waals surface area contributed by atoms with Gasteiger partial charge in [0.1, 0.15) is 5.82 Å². The number of amides is 1. The Hall–Kier alpha value is -2.36. The molecule has 1 aliphatic rings. The number of rotatable bonds is 6. The minimum Gasteiger partial charge on any atom is -0.385 e. The maximum atomic E-state index is 12.8. The van der Waals surface area contributed by atoms with Gasteiger partial charge >= 0.3 is 0 Å². The van der Waals surface area contributed by atoms with Crippen LogP contribution in [-0.4, -0.2) is 12.5 Å².